The van der Waals surface area contributed by atoms with Crippen molar-refractivity contribution in [2.75, 3.05) is 11.9 Å². The van der Waals surface area contributed by atoms with Crippen LogP contribution in [0.4, 0.5) is 5.69 Å². The number of aromatic amines is 2. The second kappa shape index (κ2) is 8.73. The highest BCUT2D eigenvalue weighted by molar-refractivity contribution is 6.04. The number of carbonyl (C=O) groups is 2. The van der Waals surface area contributed by atoms with E-state index in [0.29, 0.717) is 5.56 Å². The van der Waals surface area contributed by atoms with Crippen molar-refractivity contribution in [3.63, 3.8) is 0 Å². The lowest BCUT2D eigenvalue weighted by molar-refractivity contribution is -0.115. The fraction of sp³-hybridized carbons (Fsp3) is 0.0833. The quantitative estimate of drug-likeness (QED) is 0.390. The summed E-state index contributed by atoms with van der Waals surface area (Å²) >= 11 is 0. The average molecular weight is 428 g/mol. The van der Waals surface area contributed by atoms with Crippen LogP contribution in [-0.2, 0) is 4.79 Å². The Balaban J connectivity index is 1.46. The van der Waals surface area contributed by atoms with Gasteiger partial charge in [-0.05, 0) is 42.3 Å². The van der Waals surface area contributed by atoms with Crippen molar-refractivity contribution in [2.24, 2.45) is 0 Å². The fourth-order valence-corrected chi connectivity index (χ4v) is 3.46. The van der Waals surface area contributed by atoms with Crippen LogP contribution in [0, 0.1) is 6.92 Å². The Morgan fingerprint density at radius 2 is 1.53 bits per heavy atom. The molecule has 0 bridgehead atoms. The van der Waals surface area contributed by atoms with Gasteiger partial charge in [-0.1, -0.05) is 48.0 Å². The summed E-state index contributed by atoms with van der Waals surface area (Å²) in [6.07, 6.45) is 0. The standard InChI is InChI=1S/C24H20N4O4/c1-14-5-2-6-15(11-14)16-7-3-8-17(12-16)22(30)25-13-20(29)26-19-10-4-9-18-21(19)24(32)28-27-23(18)31/h2-12H,13H2,1H3,(H,25,30)(H,26,29)(H,27,31)(H,28,32). The molecule has 1 aromatic heterocycles. The summed E-state index contributed by atoms with van der Waals surface area (Å²) in [7, 11) is 0. The van der Waals surface area contributed by atoms with Crippen molar-refractivity contribution in [3.05, 3.63) is 98.6 Å². The van der Waals surface area contributed by atoms with Gasteiger partial charge in [-0.25, -0.2) is 0 Å². The molecule has 0 fully saturated rings. The number of hydrogen-bond donors (Lipinski definition) is 4. The van der Waals surface area contributed by atoms with E-state index in [4.69, 9.17) is 0 Å². The first-order chi connectivity index (χ1) is 15.4. The normalized spacial score (nSPS) is 10.7. The Kier molecular flexibility index (Phi) is 5.67. The van der Waals surface area contributed by atoms with Gasteiger partial charge in [0.25, 0.3) is 17.0 Å². The second-order valence-corrected chi connectivity index (χ2v) is 7.32. The molecule has 0 saturated carbocycles. The molecule has 4 rings (SSSR count). The van der Waals surface area contributed by atoms with Gasteiger partial charge in [-0.3, -0.25) is 29.4 Å². The van der Waals surface area contributed by atoms with E-state index in [9.17, 15) is 19.2 Å². The molecule has 8 heteroatoms. The minimum Gasteiger partial charge on any atom is -0.343 e. The van der Waals surface area contributed by atoms with E-state index in [1.807, 2.05) is 37.3 Å². The first-order valence-corrected chi connectivity index (χ1v) is 9.91. The van der Waals surface area contributed by atoms with Crippen LogP contribution in [-0.4, -0.2) is 28.6 Å². The Bertz CT molecular complexity index is 1450. The Hall–Kier alpha value is -4.46. The zero-order chi connectivity index (χ0) is 22.7. The number of rotatable bonds is 5. The molecule has 0 radical (unpaired) electrons. The van der Waals surface area contributed by atoms with Crippen molar-refractivity contribution < 1.29 is 9.59 Å². The first-order valence-electron chi connectivity index (χ1n) is 9.91. The molecule has 160 valence electrons. The number of benzene rings is 3. The predicted octanol–water partition coefficient (Wildman–Crippen LogP) is 2.56. The molecule has 0 spiro atoms. The maximum Gasteiger partial charge on any atom is 0.272 e. The number of aryl methyl sites for hydroxylation is 1. The molecule has 0 atom stereocenters. The van der Waals surface area contributed by atoms with Gasteiger partial charge in [0.1, 0.15) is 0 Å². The number of amides is 2. The van der Waals surface area contributed by atoms with Crippen molar-refractivity contribution in [1.29, 1.82) is 0 Å². The Morgan fingerprint density at radius 1 is 0.844 bits per heavy atom. The Labute approximate surface area is 182 Å². The molecule has 0 unspecified atom stereocenters. The van der Waals surface area contributed by atoms with Crippen molar-refractivity contribution >= 4 is 28.3 Å². The molecular formula is C24H20N4O4. The van der Waals surface area contributed by atoms with Gasteiger partial charge in [-0.2, -0.15) is 0 Å². The number of nitrogens with one attached hydrogen (secondary N) is 4. The molecule has 1 heterocycles. The van der Waals surface area contributed by atoms with E-state index in [0.717, 1.165) is 16.7 Å². The minimum atomic E-state index is -0.535. The summed E-state index contributed by atoms with van der Waals surface area (Å²) in [5.41, 5.74) is 2.60. The van der Waals surface area contributed by atoms with Crippen LogP contribution in [0.2, 0.25) is 0 Å². The van der Waals surface area contributed by atoms with E-state index >= 15 is 0 Å². The zero-order valence-corrected chi connectivity index (χ0v) is 17.2. The first kappa shape index (κ1) is 20.8. The highest BCUT2D eigenvalue weighted by Crippen LogP contribution is 2.21. The van der Waals surface area contributed by atoms with Crippen molar-refractivity contribution in [1.82, 2.24) is 15.5 Å². The molecule has 0 aliphatic heterocycles. The summed E-state index contributed by atoms with van der Waals surface area (Å²) in [5.74, 6) is -0.928. The number of hydrogen-bond acceptors (Lipinski definition) is 4. The molecule has 8 nitrogen and oxygen atoms in total. The van der Waals surface area contributed by atoms with Crippen molar-refractivity contribution in [3.8, 4) is 11.1 Å². The third-order valence-electron chi connectivity index (χ3n) is 4.99. The molecule has 3 aromatic carbocycles. The van der Waals surface area contributed by atoms with Crippen LogP contribution in [0.1, 0.15) is 15.9 Å². The van der Waals surface area contributed by atoms with Crippen LogP contribution in [0.15, 0.2) is 76.3 Å². The summed E-state index contributed by atoms with van der Waals surface area (Å²) in [4.78, 5) is 49.0. The zero-order valence-electron chi connectivity index (χ0n) is 17.2. The lowest BCUT2D eigenvalue weighted by Crippen LogP contribution is -2.33. The predicted molar refractivity (Wildman–Crippen MR) is 123 cm³/mol. The number of carbonyl (C=O) groups excluding carboxylic acids is 2. The van der Waals surface area contributed by atoms with Gasteiger partial charge >= 0.3 is 0 Å². The molecule has 4 N–H and O–H groups in total. The third-order valence-corrected chi connectivity index (χ3v) is 4.99. The molecule has 0 saturated heterocycles. The second-order valence-electron chi connectivity index (χ2n) is 7.32. The maximum absolute atomic E-state index is 12.6. The van der Waals surface area contributed by atoms with Gasteiger partial charge in [0.15, 0.2) is 0 Å². The van der Waals surface area contributed by atoms with Crippen LogP contribution in [0.3, 0.4) is 0 Å². The van der Waals surface area contributed by atoms with Gasteiger partial charge < -0.3 is 10.6 Å². The van der Waals surface area contributed by atoms with Gasteiger partial charge in [0, 0.05) is 5.56 Å². The molecule has 32 heavy (non-hydrogen) atoms. The lowest BCUT2D eigenvalue weighted by Gasteiger charge is -2.10. The van der Waals surface area contributed by atoms with Crippen LogP contribution >= 0.6 is 0 Å². The van der Waals surface area contributed by atoms with E-state index < -0.39 is 22.9 Å². The monoisotopic (exact) mass is 428 g/mol. The van der Waals surface area contributed by atoms with Gasteiger partial charge in [0.2, 0.25) is 5.91 Å². The number of H-pyrrole nitrogens is 2. The number of aromatic nitrogens is 2. The van der Waals surface area contributed by atoms with Crippen LogP contribution < -0.4 is 21.8 Å². The third kappa shape index (κ3) is 4.34. The van der Waals surface area contributed by atoms with Gasteiger partial charge in [0.05, 0.1) is 23.0 Å². The SMILES string of the molecule is Cc1cccc(-c2cccc(C(=O)NCC(=O)Nc3cccc4c(=O)[nH][nH]c(=O)c34)c2)c1. The summed E-state index contributed by atoms with van der Waals surface area (Å²) in [6, 6.07) is 19.6. The maximum atomic E-state index is 12.6. The molecule has 0 aliphatic rings. The smallest absolute Gasteiger partial charge is 0.272 e. The van der Waals surface area contributed by atoms with E-state index in [-0.39, 0.29) is 23.0 Å². The lowest BCUT2D eigenvalue weighted by atomic mass is 10.0. The minimum absolute atomic E-state index is 0.0711. The summed E-state index contributed by atoms with van der Waals surface area (Å²) in [5, 5.41) is 9.86. The van der Waals surface area contributed by atoms with E-state index in [2.05, 4.69) is 20.8 Å². The number of anilines is 1. The molecule has 4 aromatic rings. The summed E-state index contributed by atoms with van der Waals surface area (Å²) < 4.78 is 0. The van der Waals surface area contributed by atoms with Gasteiger partial charge in [-0.15, -0.1) is 0 Å². The molecule has 0 aliphatic carbocycles. The van der Waals surface area contributed by atoms with E-state index in [1.165, 1.54) is 12.1 Å². The van der Waals surface area contributed by atoms with Crippen LogP contribution in [0.5, 0.6) is 0 Å². The average Bonchev–Trinajstić information content (AvgIpc) is 2.80. The number of fused-ring (bicyclic) bond motifs is 1. The van der Waals surface area contributed by atoms with E-state index in [1.54, 1.807) is 24.3 Å². The summed E-state index contributed by atoms with van der Waals surface area (Å²) in [6.45, 7) is 1.70. The van der Waals surface area contributed by atoms with Crippen LogP contribution in [0.25, 0.3) is 21.9 Å². The van der Waals surface area contributed by atoms with Crippen molar-refractivity contribution in [2.45, 2.75) is 6.92 Å². The Morgan fingerprint density at radius 3 is 2.31 bits per heavy atom. The molecule has 2 amide bonds. The topological polar surface area (TPSA) is 124 Å². The highest BCUT2D eigenvalue weighted by Gasteiger charge is 2.13. The molecular weight excluding hydrogens is 408 g/mol. The fourth-order valence-electron chi connectivity index (χ4n) is 3.46. The largest absolute Gasteiger partial charge is 0.343 e. The highest BCUT2D eigenvalue weighted by atomic mass is 16.2.